The Morgan fingerprint density at radius 3 is 2.21 bits per heavy atom. The summed E-state index contributed by atoms with van der Waals surface area (Å²) in [5, 5.41) is 1.78. The van der Waals surface area contributed by atoms with E-state index in [0.717, 1.165) is 11.8 Å². The van der Waals surface area contributed by atoms with Gasteiger partial charge in [0.05, 0.1) is 39.3 Å². The number of imide groups is 1. The minimum atomic E-state index is -0.521. The fourth-order valence-corrected chi connectivity index (χ4v) is 3.78. The molecule has 2 aromatic rings. The van der Waals surface area contributed by atoms with Crippen molar-refractivity contribution in [2.24, 2.45) is 0 Å². The van der Waals surface area contributed by atoms with E-state index in [4.69, 9.17) is 23.7 Å². The van der Waals surface area contributed by atoms with Crippen LogP contribution in [0.25, 0.3) is 6.08 Å². The Morgan fingerprint density at radius 1 is 0.970 bits per heavy atom. The van der Waals surface area contributed by atoms with Crippen molar-refractivity contribution in [2.45, 2.75) is 13.3 Å². The minimum absolute atomic E-state index is 0.0486. The first-order chi connectivity index (χ1) is 15.9. The van der Waals surface area contributed by atoms with Gasteiger partial charge in [-0.1, -0.05) is 6.07 Å². The third-order valence-electron chi connectivity index (χ3n) is 4.50. The summed E-state index contributed by atoms with van der Waals surface area (Å²) in [5.41, 5.74) is 1.23. The lowest BCUT2D eigenvalue weighted by atomic mass is 10.1. The molecule has 1 fully saturated rings. The van der Waals surface area contributed by atoms with Crippen molar-refractivity contribution in [3.8, 4) is 28.7 Å². The Kier molecular flexibility index (Phi) is 7.83. The fourth-order valence-electron chi connectivity index (χ4n) is 3.10. The lowest BCUT2D eigenvalue weighted by Gasteiger charge is -2.14. The molecule has 9 nitrogen and oxygen atoms in total. The van der Waals surface area contributed by atoms with Gasteiger partial charge in [0.15, 0.2) is 23.0 Å². The van der Waals surface area contributed by atoms with Crippen LogP contribution in [0.2, 0.25) is 0 Å². The third kappa shape index (κ3) is 5.78. The molecule has 3 rings (SSSR count). The van der Waals surface area contributed by atoms with Crippen LogP contribution in [0.4, 0.5) is 4.79 Å². The van der Waals surface area contributed by atoms with Gasteiger partial charge in [-0.15, -0.1) is 0 Å². The van der Waals surface area contributed by atoms with Crippen molar-refractivity contribution in [1.82, 2.24) is 5.32 Å². The number of amides is 2. The molecule has 0 aromatic heterocycles. The van der Waals surface area contributed by atoms with Crippen LogP contribution in [0, 0.1) is 0 Å². The number of thioether (sulfide) groups is 1. The molecule has 33 heavy (non-hydrogen) atoms. The number of hydrogen-bond donors (Lipinski definition) is 1. The van der Waals surface area contributed by atoms with Gasteiger partial charge in [0.2, 0.25) is 5.75 Å². The molecule has 174 valence electrons. The number of ether oxygens (including phenoxy) is 5. The van der Waals surface area contributed by atoms with E-state index < -0.39 is 17.1 Å². The average molecular weight is 474 g/mol. The van der Waals surface area contributed by atoms with Crippen molar-refractivity contribution >= 4 is 35.0 Å². The van der Waals surface area contributed by atoms with E-state index in [0.29, 0.717) is 40.7 Å². The topological polar surface area (TPSA) is 109 Å². The molecule has 0 saturated carbocycles. The van der Waals surface area contributed by atoms with Crippen LogP contribution in [-0.4, -0.2) is 45.1 Å². The lowest BCUT2D eigenvalue weighted by Crippen LogP contribution is -2.17. The van der Waals surface area contributed by atoms with Gasteiger partial charge < -0.3 is 23.7 Å². The number of esters is 1. The number of carbonyl (C=O) groups is 3. The highest BCUT2D eigenvalue weighted by atomic mass is 32.2. The molecule has 2 amide bonds. The summed E-state index contributed by atoms with van der Waals surface area (Å²) in [6.07, 6.45) is 1.52. The number of methoxy groups -OCH3 is 3. The molecule has 0 unspecified atom stereocenters. The second-order valence-electron chi connectivity index (χ2n) is 6.68. The van der Waals surface area contributed by atoms with Gasteiger partial charge in [-0.25, -0.2) is 0 Å². The van der Waals surface area contributed by atoms with Crippen molar-refractivity contribution in [3.05, 3.63) is 46.4 Å². The van der Waals surface area contributed by atoms with Crippen LogP contribution in [0.5, 0.6) is 28.7 Å². The summed E-state index contributed by atoms with van der Waals surface area (Å²) in [4.78, 5) is 36.0. The van der Waals surface area contributed by atoms with E-state index in [2.05, 4.69) is 5.32 Å². The van der Waals surface area contributed by atoms with Crippen molar-refractivity contribution in [1.29, 1.82) is 0 Å². The molecule has 0 aliphatic carbocycles. The minimum Gasteiger partial charge on any atom is -0.493 e. The van der Waals surface area contributed by atoms with E-state index in [1.54, 1.807) is 43.3 Å². The molecule has 10 heteroatoms. The monoisotopic (exact) mass is 473 g/mol. The molecule has 1 aliphatic heterocycles. The molecule has 1 aliphatic rings. The van der Waals surface area contributed by atoms with Crippen LogP contribution in [0.3, 0.4) is 0 Å². The van der Waals surface area contributed by atoms with Crippen molar-refractivity contribution < 1.29 is 38.1 Å². The van der Waals surface area contributed by atoms with Gasteiger partial charge in [0, 0.05) is 0 Å². The Bertz CT molecular complexity index is 1090. The zero-order valence-electron chi connectivity index (χ0n) is 18.6. The van der Waals surface area contributed by atoms with Crippen LogP contribution in [0.1, 0.15) is 18.1 Å². The quantitative estimate of drug-likeness (QED) is 0.332. The highest BCUT2D eigenvalue weighted by Gasteiger charge is 2.25. The smallest absolute Gasteiger partial charge is 0.315 e. The fraction of sp³-hybridized carbons (Fsp3) is 0.261. The van der Waals surface area contributed by atoms with Gasteiger partial charge in [-0.2, -0.15) is 0 Å². The maximum Gasteiger partial charge on any atom is 0.315 e. The number of benzene rings is 2. The molecular formula is C23H23NO8S. The first kappa shape index (κ1) is 24.0. The molecule has 1 N–H and O–H groups in total. The Hall–Kier alpha value is -3.66. The Labute approximate surface area is 195 Å². The SMILES string of the molecule is CCOc1cc(C=C2SC(=O)NC2=O)ccc1OC(=O)Cc1cc(OC)c(OC)c(OC)c1. The normalized spacial score (nSPS) is 14.1. The summed E-state index contributed by atoms with van der Waals surface area (Å²) >= 11 is 0.818. The number of carbonyl (C=O) groups excluding carboxylic acids is 3. The third-order valence-corrected chi connectivity index (χ3v) is 5.31. The molecule has 0 bridgehead atoms. The predicted octanol–water partition coefficient (Wildman–Crippen LogP) is 3.58. The van der Waals surface area contributed by atoms with Crippen LogP contribution < -0.4 is 29.0 Å². The average Bonchev–Trinajstić information content (AvgIpc) is 3.11. The van der Waals surface area contributed by atoms with E-state index in [9.17, 15) is 14.4 Å². The van der Waals surface area contributed by atoms with Crippen molar-refractivity contribution in [3.63, 3.8) is 0 Å². The second kappa shape index (κ2) is 10.8. The Morgan fingerprint density at radius 2 is 1.67 bits per heavy atom. The standard InChI is InChI=1S/C23H23NO8S/c1-5-31-16-8-13(11-19-22(26)24-23(27)33-19)6-7-15(16)32-20(25)12-14-9-17(28-2)21(30-4)18(10-14)29-3/h6-11H,5,12H2,1-4H3,(H,24,26,27). The van der Waals surface area contributed by atoms with Crippen LogP contribution in [0.15, 0.2) is 35.2 Å². The number of nitrogens with one attached hydrogen (secondary N) is 1. The number of hydrogen-bond acceptors (Lipinski definition) is 9. The van der Waals surface area contributed by atoms with E-state index in [-0.39, 0.29) is 17.1 Å². The van der Waals surface area contributed by atoms with E-state index in [1.165, 1.54) is 21.3 Å². The van der Waals surface area contributed by atoms with Crippen LogP contribution >= 0.6 is 11.8 Å². The first-order valence-corrected chi connectivity index (χ1v) is 10.7. The molecule has 1 saturated heterocycles. The molecule has 1 heterocycles. The van der Waals surface area contributed by atoms with E-state index >= 15 is 0 Å². The molecule has 0 spiro atoms. The van der Waals surface area contributed by atoms with Gasteiger partial charge in [0.1, 0.15) is 0 Å². The summed E-state index contributed by atoms with van der Waals surface area (Å²) < 4.78 is 27.1. The zero-order chi connectivity index (χ0) is 24.0. The van der Waals surface area contributed by atoms with Gasteiger partial charge in [0.25, 0.3) is 11.1 Å². The summed E-state index contributed by atoms with van der Waals surface area (Å²) in [6, 6.07) is 8.22. The molecule has 0 atom stereocenters. The lowest BCUT2D eigenvalue weighted by molar-refractivity contribution is -0.133. The maximum atomic E-state index is 12.6. The highest BCUT2D eigenvalue weighted by molar-refractivity contribution is 8.18. The highest BCUT2D eigenvalue weighted by Crippen LogP contribution is 2.38. The first-order valence-electron chi connectivity index (χ1n) is 9.89. The largest absolute Gasteiger partial charge is 0.493 e. The van der Waals surface area contributed by atoms with Gasteiger partial charge >= 0.3 is 5.97 Å². The van der Waals surface area contributed by atoms with Gasteiger partial charge in [-0.05, 0) is 60.2 Å². The Balaban J connectivity index is 1.80. The van der Waals surface area contributed by atoms with Crippen molar-refractivity contribution in [2.75, 3.05) is 27.9 Å². The van der Waals surface area contributed by atoms with Gasteiger partial charge in [-0.3, -0.25) is 19.7 Å². The van der Waals surface area contributed by atoms with E-state index in [1.807, 2.05) is 0 Å². The summed E-state index contributed by atoms with van der Waals surface area (Å²) in [5.74, 6) is 0.877. The summed E-state index contributed by atoms with van der Waals surface area (Å²) in [7, 11) is 4.49. The maximum absolute atomic E-state index is 12.6. The zero-order valence-corrected chi connectivity index (χ0v) is 19.4. The molecular weight excluding hydrogens is 450 g/mol. The molecule has 2 aromatic carbocycles. The number of rotatable bonds is 9. The summed E-state index contributed by atoms with van der Waals surface area (Å²) in [6.45, 7) is 2.14. The predicted molar refractivity (Wildman–Crippen MR) is 122 cm³/mol. The van der Waals surface area contributed by atoms with Crippen LogP contribution in [-0.2, 0) is 16.0 Å². The molecule has 0 radical (unpaired) electrons. The second-order valence-corrected chi connectivity index (χ2v) is 7.69.